The lowest BCUT2D eigenvalue weighted by Gasteiger charge is -2.15. The minimum atomic E-state index is -0.830. The maximum atomic E-state index is 12.9. The van der Waals surface area contributed by atoms with Crippen molar-refractivity contribution >= 4 is 24.1 Å². The van der Waals surface area contributed by atoms with Crippen LogP contribution in [-0.4, -0.2) is 116 Å². The fraction of sp³-hybridized carbons (Fsp3) is 0.533. The van der Waals surface area contributed by atoms with E-state index < -0.39 is 24.1 Å². The van der Waals surface area contributed by atoms with Crippen LogP contribution in [0.4, 0.5) is 36.7 Å². The Balaban J connectivity index is 0.000000205. The second-order valence-corrected chi connectivity index (χ2v) is 21.3. The third-order valence-corrected chi connectivity index (χ3v) is 15.0. The molecule has 0 spiro atoms. The minimum Gasteiger partial charge on any atom is -0.370 e. The maximum absolute atomic E-state index is 12.9. The molecule has 12 N–H and O–H groups in total. The van der Waals surface area contributed by atoms with Gasteiger partial charge in [0.25, 0.3) is 0 Å². The number of nitrogens with two attached hydrogens (primary N) is 4. The summed E-state index contributed by atoms with van der Waals surface area (Å²) in [5.74, 6) is -0.958. The number of hydrogen-bond acceptors (Lipinski definition) is 12. The van der Waals surface area contributed by atoms with E-state index in [1.807, 2.05) is 0 Å². The number of rotatable bonds is 24. The van der Waals surface area contributed by atoms with Crippen LogP contribution in [0.3, 0.4) is 0 Å². The molecule has 8 amide bonds. The van der Waals surface area contributed by atoms with Crippen molar-refractivity contribution in [1.82, 2.24) is 20.3 Å². The Bertz CT molecular complexity index is 2220. The maximum Gasteiger partial charge on any atom is 0.338 e. The van der Waals surface area contributed by atoms with Crippen molar-refractivity contribution in [2.24, 2.45) is 22.9 Å². The molecule has 4 aromatic carbocycles. The molecule has 20 nitrogen and oxygen atoms in total. The van der Waals surface area contributed by atoms with E-state index in [2.05, 4.69) is 0 Å². The molecule has 464 valence electrons. The van der Waals surface area contributed by atoms with Gasteiger partial charge < -0.3 is 41.9 Å². The summed E-state index contributed by atoms with van der Waals surface area (Å²) in [7, 11) is 0. The first-order valence-electron chi connectivity index (χ1n) is 28.9. The molecule has 4 heterocycles. The number of benzene rings is 4. The summed E-state index contributed by atoms with van der Waals surface area (Å²) < 4.78 is 75.3. The van der Waals surface area contributed by atoms with Gasteiger partial charge in [-0.15, -0.1) is 0 Å². The van der Waals surface area contributed by atoms with Crippen LogP contribution in [0.5, 0.6) is 0 Å². The van der Waals surface area contributed by atoms with Gasteiger partial charge in [-0.05, 0) is 199 Å². The third kappa shape index (κ3) is 24.9. The molecular weight excluding hydrogens is 1100 g/mol. The minimum absolute atomic E-state index is 0.0376. The number of carbonyl (C=O) groups is 4. The molecule has 8 rings (SSSR count). The molecule has 4 aliphatic rings. The molecule has 4 fully saturated rings. The molecule has 0 unspecified atom stereocenters. The first-order chi connectivity index (χ1) is 40.2. The molecular formula is C60H84F4N8O12. The SMILES string of the molecule is NC(=O)N(O)CCCC[C@@H]1CC[C@@H](c2ccc(F)cc2)O1.NC(=O)N(O)CCCC[C@@H]1CC[C@H](c2ccc(F)cc2)O1.NC(=O)N(O)CCCC[C@H]1CC[C@@H](c2ccc(F)cc2)O1.NC(=O)N(O)CCCC[C@H]1CC[C@H](c2ccc(F)cc2)O1. The zero-order chi connectivity index (χ0) is 61.0. The molecule has 84 heavy (non-hydrogen) atoms. The number of hydroxylamine groups is 8. The number of urea groups is 4. The average Bonchev–Trinajstić information content (AvgIpc) is 4.45. The smallest absolute Gasteiger partial charge is 0.338 e. The molecule has 8 atom stereocenters. The van der Waals surface area contributed by atoms with Crippen LogP contribution in [0.1, 0.15) is 175 Å². The van der Waals surface area contributed by atoms with Gasteiger partial charge in [-0.1, -0.05) is 48.5 Å². The van der Waals surface area contributed by atoms with Crippen molar-refractivity contribution < 1.29 is 76.5 Å². The summed E-state index contributed by atoms with van der Waals surface area (Å²) in [6, 6.07) is 22.4. The fourth-order valence-electron chi connectivity index (χ4n) is 10.3. The van der Waals surface area contributed by atoms with Crippen molar-refractivity contribution in [3.8, 4) is 0 Å². The second kappa shape index (κ2) is 36.3. The van der Waals surface area contributed by atoms with Gasteiger partial charge in [0.1, 0.15) is 23.3 Å². The van der Waals surface area contributed by atoms with Crippen LogP contribution in [0, 0.1) is 23.3 Å². The predicted octanol–water partition coefficient (Wildman–Crippen LogP) is 11.9. The summed E-state index contributed by atoms with van der Waals surface area (Å²) in [5, 5.41) is 38.6. The highest BCUT2D eigenvalue weighted by molar-refractivity contribution is 5.71. The van der Waals surface area contributed by atoms with Crippen LogP contribution in [0.2, 0.25) is 0 Å². The van der Waals surface area contributed by atoms with E-state index in [1.165, 1.54) is 48.5 Å². The summed E-state index contributed by atoms with van der Waals surface area (Å²) in [6.07, 6.45) is 18.2. The average molecular weight is 1190 g/mol. The van der Waals surface area contributed by atoms with Crippen LogP contribution in [-0.2, 0) is 18.9 Å². The molecule has 0 saturated carbocycles. The van der Waals surface area contributed by atoms with Crippen LogP contribution < -0.4 is 22.9 Å². The first kappa shape index (κ1) is 68.1. The Morgan fingerprint density at radius 2 is 0.512 bits per heavy atom. The number of carbonyl (C=O) groups excluding carboxylic acids is 4. The summed E-state index contributed by atoms with van der Waals surface area (Å²) >= 11 is 0. The number of primary amides is 4. The second-order valence-electron chi connectivity index (χ2n) is 21.3. The highest BCUT2D eigenvalue weighted by Crippen LogP contribution is 2.38. The van der Waals surface area contributed by atoms with Crippen molar-refractivity contribution in [3.05, 3.63) is 143 Å². The number of nitrogens with zero attached hydrogens (tertiary/aromatic N) is 4. The topological polar surface area (TPSA) is 303 Å². The number of ether oxygens (including phenoxy) is 4. The van der Waals surface area contributed by atoms with E-state index in [0.29, 0.717) is 45.9 Å². The zero-order valence-electron chi connectivity index (χ0n) is 47.5. The Kier molecular flexibility index (Phi) is 29.4. The molecule has 0 bridgehead atoms. The first-order valence-corrected chi connectivity index (χ1v) is 28.9. The van der Waals surface area contributed by atoms with Crippen LogP contribution in [0.15, 0.2) is 97.1 Å². The molecule has 0 radical (unpaired) electrons. The van der Waals surface area contributed by atoms with E-state index in [1.54, 1.807) is 48.5 Å². The van der Waals surface area contributed by atoms with Gasteiger partial charge in [0.15, 0.2) is 0 Å². The normalized spacial score (nSPS) is 21.4. The molecule has 4 aliphatic heterocycles. The Labute approximate surface area is 488 Å². The van der Waals surface area contributed by atoms with E-state index in [-0.39, 0.29) is 98.3 Å². The van der Waals surface area contributed by atoms with Crippen molar-refractivity contribution in [2.45, 2.75) is 177 Å². The van der Waals surface area contributed by atoms with Gasteiger partial charge in [0.05, 0.1) is 75.0 Å². The van der Waals surface area contributed by atoms with E-state index in [4.69, 9.17) is 62.7 Å². The largest absolute Gasteiger partial charge is 0.370 e. The van der Waals surface area contributed by atoms with Gasteiger partial charge in [-0.2, -0.15) is 0 Å². The van der Waals surface area contributed by atoms with Gasteiger partial charge in [-0.3, -0.25) is 20.8 Å². The van der Waals surface area contributed by atoms with Crippen LogP contribution in [0.25, 0.3) is 0 Å². The summed E-state index contributed by atoms with van der Waals surface area (Å²) in [4.78, 5) is 42.5. The van der Waals surface area contributed by atoms with Gasteiger partial charge in [0.2, 0.25) is 0 Å². The highest BCUT2D eigenvalue weighted by Gasteiger charge is 2.29. The zero-order valence-corrected chi connectivity index (χ0v) is 47.5. The Morgan fingerprint density at radius 1 is 0.333 bits per heavy atom. The molecule has 4 aromatic rings. The predicted molar refractivity (Wildman–Crippen MR) is 301 cm³/mol. The Morgan fingerprint density at radius 3 is 0.679 bits per heavy atom. The van der Waals surface area contributed by atoms with Crippen molar-refractivity contribution in [3.63, 3.8) is 0 Å². The highest BCUT2D eigenvalue weighted by atomic mass is 19.1. The van der Waals surface area contributed by atoms with Crippen molar-refractivity contribution in [2.75, 3.05) is 26.2 Å². The lowest BCUT2D eigenvalue weighted by atomic mass is 10.0. The number of unbranched alkanes of at least 4 members (excludes halogenated alkanes) is 4. The quantitative estimate of drug-likeness (QED) is 0.0141. The molecule has 0 aromatic heterocycles. The number of halogens is 4. The molecule has 0 aliphatic carbocycles. The Hall–Kier alpha value is -6.64. The lowest BCUT2D eigenvalue weighted by Crippen LogP contribution is -2.33. The van der Waals surface area contributed by atoms with Crippen LogP contribution >= 0.6 is 0 Å². The van der Waals surface area contributed by atoms with Crippen molar-refractivity contribution in [1.29, 1.82) is 0 Å². The molecule has 24 heteroatoms. The van der Waals surface area contributed by atoms with Gasteiger partial charge in [-0.25, -0.2) is 57.0 Å². The van der Waals surface area contributed by atoms with Gasteiger partial charge in [0, 0.05) is 0 Å². The molecule has 4 saturated heterocycles. The number of hydrogen-bond donors (Lipinski definition) is 8. The lowest BCUT2D eigenvalue weighted by molar-refractivity contribution is -0.0412. The standard InChI is InChI=1S/4C15H21FN2O3/c4*16-12-6-4-11(5-7-12)14-9-8-13(21-14)3-1-2-10-18(20)15(17)19/h4*4-7,13-14,20H,1-3,8-10H2,(H2,17,19)/t2*13-,14+;2*13-,14-/m1010/s1. The summed E-state index contributed by atoms with van der Waals surface area (Å²) in [6.45, 7) is 0.958. The van der Waals surface area contributed by atoms with E-state index in [9.17, 15) is 36.7 Å². The fourth-order valence-corrected chi connectivity index (χ4v) is 10.3. The third-order valence-electron chi connectivity index (χ3n) is 15.0. The number of amides is 8. The monoisotopic (exact) mass is 1180 g/mol. The van der Waals surface area contributed by atoms with E-state index in [0.717, 1.165) is 125 Å². The van der Waals surface area contributed by atoms with Gasteiger partial charge >= 0.3 is 24.1 Å². The summed E-state index contributed by atoms with van der Waals surface area (Å²) in [5.41, 5.74) is 23.7. The van der Waals surface area contributed by atoms with E-state index >= 15 is 0 Å².